The van der Waals surface area contributed by atoms with E-state index in [4.69, 9.17) is 4.42 Å². The molecule has 0 saturated heterocycles. The van der Waals surface area contributed by atoms with Crippen molar-refractivity contribution in [2.45, 2.75) is 13.5 Å². The van der Waals surface area contributed by atoms with Gasteiger partial charge in [-0.05, 0) is 19.1 Å². The predicted octanol–water partition coefficient (Wildman–Crippen LogP) is 1.62. The highest BCUT2D eigenvalue weighted by atomic mass is 16.5. The van der Waals surface area contributed by atoms with Gasteiger partial charge in [0.25, 0.3) is 0 Å². The highest BCUT2D eigenvalue weighted by Gasteiger charge is 2.15. The number of hydrogen-bond donors (Lipinski definition) is 0. The van der Waals surface area contributed by atoms with Gasteiger partial charge in [-0.25, -0.2) is 9.78 Å². The number of esters is 1. The van der Waals surface area contributed by atoms with Crippen molar-refractivity contribution in [1.82, 2.24) is 9.55 Å². The third-order valence-corrected chi connectivity index (χ3v) is 2.34. The molecule has 0 fully saturated rings. The summed E-state index contributed by atoms with van der Waals surface area (Å²) in [4.78, 5) is 15.5. The van der Waals surface area contributed by atoms with Crippen molar-refractivity contribution in [3.05, 3.63) is 41.9 Å². The number of rotatable bonds is 3. The van der Waals surface area contributed by atoms with Crippen LogP contribution in [0.4, 0.5) is 0 Å². The number of nitrogens with zero attached hydrogens (tertiary/aromatic N) is 2. The van der Waals surface area contributed by atoms with Crippen LogP contribution >= 0.6 is 0 Å². The molecule has 2 rings (SSSR count). The first-order valence-electron chi connectivity index (χ1n) is 4.85. The lowest BCUT2D eigenvalue weighted by atomic mass is 10.4. The summed E-state index contributed by atoms with van der Waals surface area (Å²) in [5.41, 5.74) is 0.427. The van der Waals surface area contributed by atoms with Gasteiger partial charge in [-0.15, -0.1) is 0 Å². The van der Waals surface area contributed by atoms with Crippen LogP contribution in [0.3, 0.4) is 0 Å². The summed E-state index contributed by atoms with van der Waals surface area (Å²) in [5, 5.41) is 0. The molecule has 5 nitrogen and oxygen atoms in total. The Labute approximate surface area is 92.7 Å². The van der Waals surface area contributed by atoms with Crippen molar-refractivity contribution in [1.29, 1.82) is 0 Å². The van der Waals surface area contributed by atoms with Crippen molar-refractivity contribution in [3.63, 3.8) is 0 Å². The number of furan rings is 1. The number of aromatic nitrogens is 2. The van der Waals surface area contributed by atoms with E-state index in [0.717, 1.165) is 11.6 Å². The molecule has 0 radical (unpaired) electrons. The normalized spacial score (nSPS) is 10.4. The van der Waals surface area contributed by atoms with Crippen molar-refractivity contribution >= 4 is 5.97 Å². The molecule has 0 atom stereocenters. The Morgan fingerprint density at radius 2 is 2.44 bits per heavy atom. The lowest BCUT2D eigenvalue weighted by Gasteiger charge is -2.06. The van der Waals surface area contributed by atoms with Gasteiger partial charge in [0.1, 0.15) is 17.3 Å². The molecule has 0 amide bonds. The zero-order valence-electron chi connectivity index (χ0n) is 9.14. The lowest BCUT2D eigenvalue weighted by Crippen LogP contribution is -2.12. The van der Waals surface area contributed by atoms with E-state index in [1.807, 2.05) is 13.0 Å². The van der Waals surface area contributed by atoms with Crippen LogP contribution in [0.5, 0.6) is 0 Å². The molecule has 0 N–H and O–H groups in total. The van der Waals surface area contributed by atoms with Crippen LogP contribution in [0.1, 0.15) is 22.1 Å². The van der Waals surface area contributed by atoms with Crippen LogP contribution in [-0.2, 0) is 11.3 Å². The molecule has 5 heteroatoms. The largest absolute Gasteiger partial charge is 0.467 e. The second-order valence-electron chi connectivity index (χ2n) is 3.35. The number of carbonyl (C=O) groups excluding carboxylic acids is 1. The summed E-state index contributed by atoms with van der Waals surface area (Å²) >= 11 is 0. The zero-order chi connectivity index (χ0) is 11.5. The Balaban J connectivity index is 2.32. The molecule has 0 aliphatic carbocycles. The number of ether oxygens (including phenoxy) is 1. The number of hydrogen-bond acceptors (Lipinski definition) is 4. The summed E-state index contributed by atoms with van der Waals surface area (Å²) in [5.74, 6) is 1.12. The van der Waals surface area contributed by atoms with Crippen molar-refractivity contribution in [3.8, 4) is 0 Å². The Morgan fingerprint density at radius 1 is 1.62 bits per heavy atom. The highest BCUT2D eigenvalue weighted by Crippen LogP contribution is 2.11. The van der Waals surface area contributed by atoms with Crippen molar-refractivity contribution in [2.75, 3.05) is 7.11 Å². The van der Waals surface area contributed by atoms with Gasteiger partial charge in [0.15, 0.2) is 0 Å². The molecular formula is C11H12N2O3. The van der Waals surface area contributed by atoms with E-state index < -0.39 is 5.97 Å². The average Bonchev–Trinajstić information content (AvgIpc) is 2.90. The minimum Gasteiger partial charge on any atom is -0.467 e. The van der Waals surface area contributed by atoms with E-state index in [0.29, 0.717) is 12.2 Å². The first kappa shape index (κ1) is 10.5. The van der Waals surface area contributed by atoms with Crippen LogP contribution in [0, 0.1) is 6.92 Å². The maximum absolute atomic E-state index is 11.5. The Hall–Kier alpha value is -2.04. The maximum Gasteiger partial charge on any atom is 0.356 e. The molecule has 84 valence electrons. The maximum atomic E-state index is 11.5. The summed E-state index contributed by atoms with van der Waals surface area (Å²) in [6.45, 7) is 2.30. The number of methoxy groups -OCH3 is 1. The van der Waals surface area contributed by atoms with Crippen molar-refractivity contribution in [2.24, 2.45) is 0 Å². The average molecular weight is 220 g/mol. The molecule has 16 heavy (non-hydrogen) atoms. The summed E-state index contributed by atoms with van der Waals surface area (Å²) in [6, 6.07) is 3.65. The molecule has 0 unspecified atom stereocenters. The van der Waals surface area contributed by atoms with E-state index in [1.165, 1.54) is 13.3 Å². The van der Waals surface area contributed by atoms with Gasteiger partial charge in [-0.3, -0.25) is 0 Å². The fourth-order valence-corrected chi connectivity index (χ4v) is 1.49. The molecule has 0 spiro atoms. The SMILES string of the molecule is COC(=O)c1cnc(C)n1Cc1ccco1. The molecular weight excluding hydrogens is 208 g/mol. The topological polar surface area (TPSA) is 57.3 Å². The van der Waals surface area contributed by atoms with Gasteiger partial charge in [0.05, 0.1) is 26.1 Å². The standard InChI is InChI=1S/C11H12N2O3/c1-8-12-6-10(11(14)15-2)13(8)7-9-4-3-5-16-9/h3-6H,7H2,1-2H3. The molecule has 0 saturated carbocycles. The Kier molecular flexibility index (Phi) is 2.76. The summed E-state index contributed by atoms with van der Waals surface area (Å²) < 4.78 is 11.7. The first-order chi connectivity index (χ1) is 7.72. The van der Waals surface area contributed by atoms with Crippen LogP contribution < -0.4 is 0 Å². The van der Waals surface area contributed by atoms with E-state index in [9.17, 15) is 4.79 Å². The third-order valence-electron chi connectivity index (χ3n) is 2.34. The van der Waals surface area contributed by atoms with Crippen molar-refractivity contribution < 1.29 is 13.9 Å². The van der Waals surface area contributed by atoms with Crippen LogP contribution in [0.25, 0.3) is 0 Å². The number of aryl methyl sites for hydroxylation is 1. The van der Waals surface area contributed by atoms with E-state index in [-0.39, 0.29) is 0 Å². The minimum atomic E-state index is -0.396. The summed E-state index contributed by atoms with van der Waals surface area (Å²) in [7, 11) is 1.35. The number of carbonyl (C=O) groups is 1. The van der Waals surface area contributed by atoms with E-state index in [2.05, 4.69) is 9.72 Å². The molecule has 0 aromatic carbocycles. The second-order valence-corrected chi connectivity index (χ2v) is 3.35. The number of imidazole rings is 1. The molecule has 2 aromatic heterocycles. The Bertz CT molecular complexity index is 485. The second kappa shape index (κ2) is 4.22. The van der Waals surface area contributed by atoms with Gasteiger partial charge < -0.3 is 13.7 Å². The van der Waals surface area contributed by atoms with Gasteiger partial charge >= 0.3 is 5.97 Å². The fraction of sp³-hybridized carbons (Fsp3) is 0.273. The Morgan fingerprint density at radius 3 is 3.06 bits per heavy atom. The molecule has 2 heterocycles. The van der Waals surface area contributed by atoms with E-state index in [1.54, 1.807) is 16.9 Å². The van der Waals surface area contributed by atoms with Gasteiger partial charge in [-0.1, -0.05) is 0 Å². The molecule has 0 aliphatic heterocycles. The lowest BCUT2D eigenvalue weighted by molar-refractivity contribution is 0.0588. The summed E-state index contributed by atoms with van der Waals surface area (Å²) in [6.07, 6.45) is 3.10. The minimum absolute atomic E-state index is 0.396. The zero-order valence-corrected chi connectivity index (χ0v) is 9.14. The quantitative estimate of drug-likeness (QED) is 0.737. The monoisotopic (exact) mass is 220 g/mol. The highest BCUT2D eigenvalue weighted by molar-refractivity contribution is 5.87. The predicted molar refractivity (Wildman–Crippen MR) is 56.1 cm³/mol. The molecule has 2 aromatic rings. The van der Waals surface area contributed by atoms with Gasteiger partial charge in [0.2, 0.25) is 0 Å². The van der Waals surface area contributed by atoms with Crippen LogP contribution in [0.2, 0.25) is 0 Å². The molecule has 0 aliphatic rings. The van der Waals surface area contributed by atoms with Crippen LogP contribution in [0.15, 0.2) is 29.0 Å². The van der Waals surface area contributed by atoms with Crippen LogP contribution in [-0.4, -0.2) is 22.6 Å². The fourth-order valence-electron chi connectivity index (χ4n) is 1.49. The smallest absolute Gasteiger partial charge is 0.356 e. The molecule has 0 bridgehead atoms. The van der Waals surface area contributed by atoms with Gasteiger partial charge in [-0.2, -0.15) is 0 Å². The van der Waals surface area contributed by atoms with Gasteiger partial charge in [0, 0.05) is 0 Å². The third kappa shape index (κ3) is 1.84. The first-order valence-corrected chi connectivity index (χ1v) is 4.85. The van der Waals surface area contributed by atoms with E-state index >= 15 is 0 Å².